The molecule has 0 N–H and O–H groups in total. The van der Waals surface area contributed by atoms with E-state index in [9.17, 15) is 4.79 Å². The highest BCUT2D eigenvalue weighted by Gasteiger charge is 2.30. The molecule has 1 atom stereocenters. The SMILES string of the molecule is CC(C)(C)OC(=O)N1CC[C@@H](COc2ncc(-c3ccc(Cl)cc3)c(-c3ccc(C#N)cc3)n2)C1. The number of ether oxygens (including phenoxy) is 2. The maximum absolute atomic E-state index is 12.3. The largest absolute Gasteiger partial charge is 0.463 e. The Morgan fingerprint density at radius 3 is 2.49 bits per heavy atom. The summed E-state index contributed by atoms with van der Waals surface area (Å²) in [5.41, 5.74) is 3.34. The average Bonchev–Trinajstić information content (AvgIpc) is 3.32. The smallest absolute Gasteiger partial charge is 0.410 e. The molecule has 0 saturated carbocycles. The second-order valence-corrected chi connectivity index (χ2v) is 9.94. The Balaban J connectivity index is 1.51. The number of aromatic nitrogens is 2. The molecule has 0 aliphatic carbocycles. The van der Waals surface area contributed by atoms with Gasteiger partial charge in [0.1, 0.15) is 5.60 Å². The van der Waals surface area contributed by atoms with Crippen molar-refractivity contribution in [1.82, 2.24) is 14.9 Å². The first kappa shape index (κ1) is 24.5. The van der Waals surface area contributed by atoms with Gasteiger partial charge in [0.25, 0.3) is 0 Å². The van der Waals surface area contributed by atoms with Crippen LogP contribution in [0.1, 0.15) is 32.8 Å². The van der Waals surface area contributed by atoms with Crippen LogP contribution < -0.4 is 4.74 Å². The molecule has 7 nitrogen and oxygen atoms in total. The van der Waals surface area contributed by atoms with E-state index < -0.39 is 5.60 Å². The molecule has 35 heavy (non-hydrogen) atoms. The van der Waals surface area contributed by atoms with Crippen LogP contribution >= 0.6 is 11.6 Å². The van der Waals surface area contributed by atoms with Crippen LogP contribution in [0.25, 0.3) is 22.4 Å². The number of carbonyl (C=O) groups excluding carboxylic acids is 1. The summed E-state index contributed by atoms with van der Waals surface area (Å²) < 4.78 is 11.4. The van der Waals surface area contributed by atoms with Gasteiger partial charge in [-0.2, -0.15) is 10.2 Å². The maximum atomic E-state index is 12.3. The van der Waals surface area contributed by atoms with E-state index in [2.05, 4.69) is 11.1 Å². The second kappa shape index (κ2) is 10.3. The van der Waals surface area contributed by atoms with Gasteiger partial charge in [-0.3, -0.25) is 0 Å². The van der Waals surface area contributed by atoms with Crippen molar-refractivity contribution < 1.29 is 14.3 Å². The highest BCUT2D eigenvalue weighted by molar-refractivity contribution is 6.30. The number of hydrogen-bond acceptors (Lipinski definition) is 6. The summed E-state index contributed by atoms with van der Waals surface area (Å²) >= 11 is 6.06. The van der Waals surface area contributed by atoms with E-state index in [1.165, 1.54) is 0 Å². The predicted molar refractivity (Wildman–Crippen MR) is 134 cm³/mol. The molecule has 1 fully saturated rings. The molecule has 0 unspecified atom stereocenters. The molecule has 0 bridgehead atoms. The number of halogens is 1. The molecule has 1 aromatic heterocycles. The molecule has 1 amide bonds. The van der Waals surface area contributed by atoms with Crippen molar-refractivity contribution in [1.29, 1.82) is 5.26 Å². The van der Waals surface area contributed by atoms with Crippen molar-refractivity contribution in [3.8, 4) is 34.5 Å². The number of carbonyl (C=O) groups is 1. The summed E-state index contributed by atoms with van der Waals surface area (Å²) in [6.45, 7) is 7.18. The van der Waals surface area contributed by atoms with Gasteiger partial charge in [-0.05, 0) is 57.0 Å². The molecule has 0 radical (unpaired) electrons. The molecule has 4 rings (SSSR count). The fourth-order valence-electron chi connectivity index (χ4n) is 3.85. The minimum atomic E-state index is -0.521. The van der Waals surface area contributed by atoms with E-state index in [0.29, 0.717) is 36.0 Å². The third kappa shape index (κ3) is 6.28. The van der Waals surface area contributed by atoms with Gasteiger partial charge < -0.3 is 14.4 Å². The number of nitrogens with zero attached hydrogens (tertiary/aromatic N) is 4. The third-order valence-corrected chi connectivity index (χ3v) is 5.85. The van der Waals surface area contributed by atoms with Crippen LogP contribution in [0.15, 0.2) is 54.7 Å². The van der Waals surface area contributed by atoms with Gasteiger partial charge in [-0.15, -0.1) is 0 Å². The molecule has 2 aromatic carbocycles. The molecule has 2 heterocycles. The fourth-order valence-corrected chi connectivity index (χ4v) is 3.98. The van der Waals surface area contributed by atoms with E-state index in [1.807, 2.05) is 57.2 Å². The second-order valence-electron chi connectivity index (χ2n) is 9.50. The summed E-state index contributed by atoms with van der Waals surface area (Å²) in [6, 6.07) is 17.1. The summed E-state index contributed by atoms with van der Waals surface area (Å²) in [6.07, 6.45) is 2.26. The Labute approximate surface area is 210 Å². The van der Waals surface area contributed by atoms with Crippen molar-refractivity contribution in [2.75, 3.05) is 19.7 Å². The van der Waals surface area contributed by atoms with Crippen molar-refractivity contribution >= 4 is 17.7 Å². The zero-order valence-corrected chi connectivity index (χ0v) is 20.7. The average molecular weight is 491 g/mol. The van der Waals surface area contributed by atoms with Crippen molar-refractivity contribution in [2.45, 2.75) is 32.8 Å². The Bertz CT molecular complexity index is 1230. The molecule has 1 aliphatic rings. The lowest BCUT2D eigenvalue weighted by molar-refractivity contribution is 0.0284. The molecular weight excluding hydrogens is 464 g/mol. The maximum Gasteiger partial charge on any atom is 0.410 e. The van der Waals surface area contributed by atoms with Gasteiger partial charge in [0.05, 0.1) is 23.9 Å². The highest BCUT2D eigenvalue weighted by Crippen LogP contribution is 2.32. The van der Waals surface area contributed by atoms with Crippen LogP contribution in [0.5, 0.6) is 6.01 Å². The standard InChI is InChI=1S/C27H27ClN4O3/c1-27(2,3)35-26(33)32-13-12-19(16-32)17-34-25-30-15-23(20-8-10-22(28)11-9-20)24(31-25)21-6-4-18(14-29)5-7-21/h4-11,15,19H,12-13,16-17H2,1-3H3/t19-/m1/s1. The lowest BCUT2D eigenvalue weighted by Gasteiger charge is -2.24. The number of benzene rings is 2. The van der Waals surface area contributed by atoms with E-state index in [1.54, 1.807) is 23.2 Å². The number of likely N-dealkylation sites (tertiary alicyclic amines) is 1. The molecule has 8 heteroatoms. The topological polar surface area (TPSA) is 88.3 Å². The van der Waals surface area contributed by atoms with Crippen LogP contribution in [0.4, 0.5) is 4.79 Å². The summed E-state index contributed by atoms with van der Waals surface area (Å²) in [5, 5.41) is 9.79. The monoisotopic (exact) mass is 490 g/mol. The first-order valence-corrected chi connectivity index (χ1v) is 11.8. The van der Waals surface area contributed by atoms with Gasteiger partial charge in [-0.25, -0.2) is 9.78 Å². The first-order valence-electron chi connectivity index (χ1n) is 11.5. The molecule has 0 spiro atoms. The lowest BCUT2D eigenvalue weighted by Crippen LogP contribution is -2.35. The van der Waals surface area contributed by atoms with Gasteiger partial charge in [-0.1, -0.05) is 35.9 Å². The minimum Gasteiger partial charge on any atom is -0.463 e. The quantitative estimate of drug-likeness (QED) is 0.437. The molecule has 180 valence electrons. The van der Waals surface area contributed by atoms with Gasteiger partial charge in [0.15, 0.2) is 0 Å². The Hall–Kier alpha value is -3.63. The summed E-state index contributed by atoms with van der Waals surface area (Å²) in [4.78, 5) is 23.2. The van der Waals surface area contributed by atoms with Crippen molar-refractivity contribution in [3.63, 3.8) is 0 Å². The van der Waals surface area contributed by atoms with Gasteiger partial charge in [0, 0.05) is 41.4 Å². The van der Waals surface area contributed by atoms with Crippen LogP contribution in [0, 0.1) is 17.2 Å². The van der Waals surface area contributed by atoms with E-state index in [4.69, 9.17) is 31.3 Å². The number of hydrogen-bond donors (Lipinski definition) is 0. The number of rotatable bonds is 5. The normalized spacial score (nSPS) is 15.5. The van der Waals surface area contributed by atoms with Gasteiger partial charge >= 0.3 is 12.1 Å². The zero-order chi connectivity index (χ0) is 25.0. The van der Waals surface area contributed by atoms with E-state index >= 15 is 0 Å². The lowest BCUT2D eigenvalue weighted by atomic mass is 10.0. The summed E-state index contributed by atoms with van der Waals surface area (Å²) in [7, 11) is 0. The number of nitriles is 1. The first-order chi connectivity index (χ1) is 16.7. The third-order valence-electron chi connectivity index (χ3n) is 5.59. The highest BCUT2D eigenvalue weighted by atomic mass is 35.5. The zero-order valence-electron chi connectivity index (χ0n) is 20.0. The van der Waals surface area contributed by atoms with Gasteiger partial charge in [0.2, 0.25) is 0 Å². The Morgan fingerprint density at radius 1 is 1.14 bits per heavy atom. The molecule has 1 aliphatic heterocycles. The molecular formula is C27H27ClN4O3. The van der Waals surface area contributed by atoms with Crippen LogP contribution in [0.3, 0.4) is 0 Å². The Kier molecular flexibility index (Phi) is 7.23. The van der Waals surface area contributed by atoms with E-state index in [-0.39, 0.29) is 18.0 Å². The minimum absolute atomic E-state index is 0.167. The van der Waals surface area contributed by atoms with Crippen LogP contribution in [-0.4, -0.2) is 46.3 Å². The van der Waals surface area contributed by atoms with Crippen LogP contribution in [-0.2, 0) is 4.74 Å². The Morgan fingerprint density at radius 2 is 1.83 bits per heavy atom. The molecule has 1 saturated heterocycles. The number of amides is 1. The van der Waals surface area contributed by atoms with E-state index in [0.717, 1.165) is 23.1 Å². The fraction of sp³-hybridized carbons (Fsp3) is 0.333. The predicted octanol–water partition coefficient (Wildman–Crippen LogP) is 5.97. The van der Waals surface area contributed by atoms with Crippen molar-refractivity contribution in [3.05, 3.63) is 65.3 Å². The van der Waals surface area contributed by atoms with Crippen LogP contribution in [0.2, 0.25) is 5.02 Å². The molecule has 3 aromatic rings. The van der Waals surface area contributed by atoms with Crippen molar-refractivity contribution in [2.24, 2.45) is 5.92 Å². The summed E-state index contributed by atoms with van der Waals surface area (Å²) in [5.74, 6) is 0.167.